The van der Waals surface area contributed by atoms with E-state index in [1.54, 1.807) is 0 Å². The highest BCUT2D eigenvalue weighted by atomic mass is 17.3. The van der Waals surface area contributed by atoms with Gasteiger partial charge >= 0.3 is 0 Å². The van der Waals surface area contributed by atoms with E-state index >= 15 is 0 Å². The van der Waals surface area contributed by atoms with Gasteiger partial charge in [0.05, 0.1) is 0 Å². The Morgan fingerprint density at radius 1 is 0.867 bits per heavy atom. The molecule has 2 N–H and O–H groups in total. The largest absolute Gasteiger partial charge is 0.396 e. The standard InChI is InChI=1S/C10H16O5/c11-7-1-3-9-5-6-10(13-9,15-14-9)4-2-8-12/h5-6,11-12H,1-4,7-8H2. The van der Waals surface area contributed by atoms with Gasteiger partial charge in [-0.2, -0.15) is 9.78 Å². The molecule has 2 unspecified atom stereocenters. The molecule has 2 rings (SSSR count). The van der Waals surface area contributed by atoms with E-state index in [0.717, 1.165) is 0 Å². The van der Waals surface area contributed by atoms with Gasteiger partial charge in [0.25, 0.3) is 0 Å². The van der Waals surface area contributed by atoms with Crippen molar-refractivity contribution in [1.29, 1.82) is 0 Å². The van der Waals surface area contributed by atoms with E-state index in [-0.39, 0.29) is 13.2 Å². The molecule has 0 saturated carbocycles. The molecular formula is C10H16O5. The van der Waals surface area contributed by atoms with Gasteiger partial charge in [0.2, 0.25) is 11.6 Å². The Balaban J connectivity index is 1.93. The fraction of sp³-hybridized carbons (Fsp3) is 0.800. The molecule has 0 aliphatic carbocycles. The Kier molecular flexibility index (Phi) is 3.08. The minimum absolute atomic E-state index is 0.103. The summed E-state index contributed by atoms with van der Waals surface area (Å²) in [6, 6.07) is 0. The second kappa shape index (κ2) is 4.19. The summed E-state index contributed by atoms with van der Waals surface area (Å²) in [5.41, 5.74) is 0. The van der Waals surface area contributed by atoms with Crippen LogP contribution < -0.4 is 0 Å². The second-order valence-electron chi connectivity index (χ2n) is 3.88. The van der Waals surface area contributed by atoms with Gasteiger partial charge in [-0.3, -0.25) is 0 Å². The predicted octanol–water partition coefficient (Wildman–Crippen LogP) is 0.472. The average Bonchev–Trinajstić information content (AvgIpc) is 2.80. The molecule has 0 radical (unpaired) electrons. The van der Waals surface area contributed by atoms with E-state index in [0.29, 0.717) is 25.7 Å². The van der Waals surface area contributed by atoms with Gasteiger partial charge in [0.1, 0.15) is 0 Å². The van der Waals surface area contributed by atoms with E-state index in [2.05, 4.69) is 0 Å². The van der Waals surface area contributed by atoms with Crippen LogP contribution in [0.2, 0.25) is 0 Å². The van der Waals surface area contributed by atoms with Crippen molar-refractivity contribution in [1.82, 2.24) is 0 Å². The first-order valence-corrected chi connectivity index (χ1v) is 5.23. The normalized spacial score (nSPS) is 37.7. The molecule has 2 bridgehead atoms. The third-order valence-electron chi connectivity index (χ3n) is 2.63. The smallest absolute Gasteiger partial charge is 0.224 e. The highest BCUT2D eigenvalue weighted by Crippen LogP contribution is 2.45. The maximum atomic E-state index is 8.75. The summed E-state index contributed by atoms with van der Waals surface area (Å²) in [7, 11) is 0. The third-order valence-corrected chi connectivity index (χ3v) is 2.63. The van der Waals surface area contributed by atoms with Crippen molar-refractivity contribution in [2.45, 2.75) is 37.3 Å². The minimum atomic E-state index is -0.821. The number of rotatable bonds is 6. The summed E-state index contributed by atoms with van der Waals surface area (Å²) in [4.78, 5) is 10.3. The minimum Gasteiger partial charge on any atom is -0.396 e. The second-order valence-corrected chi connectivity index (χ2v) is 3.88. The van der Waals surface area contributed by atoms with Gasteiger partial charge in [0, 0.05) is 26.1 Å². The van der Waals surface area contributed by atoms with Crippen molar-refractivity contribution >= 4 is 0 Å². The molecule has 5 heteroatoms. The highest BCUT2D eigenvalue weighted by Gasteiger charge is 2.54. The van der Waals surface area contributed by atoms with E-state index in [1.165, 1.54) is 0 Å². The van der Waals surface area contributed by atoms with Crippen molar-refractivity contribution in [3.63, 3.8) is 0 Å². The zero-order chi connectivity index (χ0) is 10.8. The zero-order valence-corrected chi connectivity index (χ0v) is 8.52. The van der Waals surface area contributed by atoms with Crippen LogP contribution in [0.5, 0.6) is 0 Å². The van der Waals surface area contributed by atoms with Crippen LogP contribution in [0, 0.1) is 0 Å². The van der Waals surface area contributed by atoms with E-state index in [1.807, 2.05) is 12.2 Å². The molecule has 0 aromatic rings. The lowest BCUT2D eigenvalue weighted by molar-refractivity contribution is -0.341. The molecule has 0 aromatic carbocycles. The Bertz CT molecular complexity index is 230. The molecule has 1 saturated heterocycles. The van der Waals surface area contributed by atoms with Gasteiger partial charge in [-0.1, -0.05) is 0 Å². The highest BCUT2D eigenvalue weighted by molar-refractivity contribution is 5.13. The zero-order valence-electron chi connectivity index (χ0n) is 8.52. The molecule has 86 valence electrons. The van der Waals surface area contributed by atoms with Crippen LogP contribution in [0.3, 0.4) is 0 Å². The van der Waals surface area contributed by atoms with Crippen molar-refractivity contribution in [2.24, 2.45) is 0 Å². The van der Waals surface area contributed by atoms with Crippen LogP contribution in [0.15, 0.2) is 12.2 Å². The topological polar surface area (TPSA) is 68.2 Å². The Morgan fingerprint density at radius 3 is 1.67 bits per heavy atom. The first-order chi connectivity index (χ1) is 7.24. The number of aliphatic hydroxyl groups is 2. The molecule has 2 heterocycles. The number of aliphatic hydroxyl groups excluding tert-OH is 2. The number of ether oxygens (including phenoxy) is 1. The van der Waals surface area contributed by atoms with E-state index < -0.39 is 11.6 Å². The molecule has 2 atom stereocenters. The van der Waals surface area contributed by atoms with Crippen molar-refractivity contribution < 1.29 is 24.7 Å². The molecule has 2 aliphatic heterocycles. The van der Waals surface area contributed by atoms with Crippen LogP contribution in [-0.4, -0.2) is 35.0 Å². The molecule has 1 fully saturated rings. The van der Waals surface area contributed by atoms with Crippen molar-refractivity contribution in [3.8, 4) is 0 Å². The Labute approximate surface area is 88.2 Å². The summed E-state index contributed by atoms with van der Waals surface area (Å²) in [5, 5.41) is 17.5. The predicted molar refractivity (Wildman–Crippen MR) is 50.5 cm³/mol. The molecule has 0 aromatic heterocycles. The van der Waals surface area contributed by atoms with Crippen LogP contribution in [0.1, 0.15) is 25.7 Å². The van der Waals surface area contributed by atoms with Crippen LogP contribution in [0.25, 0.3) is 0 Å². The molecule has 15 heavy (non-hydrogen) atoms. The quantitative estimate of drug-likeness (QED) is 0.499. The molecule has 5 nitrogen and oxygen atoms in total. The average molecular weight is 216 g/mol. The number of fused-ring (bicyclic) bond motifs is 2. The lowest BCUT2D eigenvalue weighted by Gasteiger charge is -2.18. The molecule has 0 amide bonds. The third kappa shape index (κ3) is 2.07. The van der Waals surface area contributed by atoms with E-state index in [9.17, 15) is 0 Å². The van der Waals surface area contributed by atoms with Crippen LogP contribution in [0.4, 0.5) is 0 Å². The van der Waals surface area contributed by atoms with Crippen molar-refractivity contribution in [2.75, 3.05) is 13.2 Å². The van der Waals surface area contributed by atoms with Crippen LogP contribution >= 0.6 is 0 Å². The summed E-state index contributed by atoms with van der Waals surface area (Å²) in [5.74, 6) is -1.64. The van der Waals surface area contributed by atoms with Crippen LogP contribution in [-0.2, 0) is 14.5 Å². The Hall–Kier alpha value is -0.460. The SMILES string of the molecule is OCCCC12C=CC(CCCO)(OO1)O2. The van der Waals surface area contributed by atoms with Gasteiger partial charge in [0.15, 0.2) is 0 Å². The van der Waals surface area contributed by atoms with Gasteiger partial charge in [-0.05, 0) is 25.0 Å². The number of hydrogen-bond acceptors (Lipinski definition) is 5. The monoisotopic (exact) mass is 216 g/mol. The van der Waals surface area contributed by atoms with Gasteiger partial charge in [-0.25, -0.2) is 0 Å². The first-order valence-electron chi connectivity index (χ1n) is 5.23. The molecule has 0 spiro atoms. The van der Waals surface area contributed by atoms with Gasteiger partial charge in [-0.15, -0.1) is 0 Å². The summed E-state index contributed by atoms with van der Waals surface area (Å²) < 4.78 is 5.67. The lowest BCUT2D eigenvalue weighted by atomic mass is 10.1. The lowest BCUT2D eigenvalue weighted by Crippen LogP contribution is -2.28. The van der Waals surface area contributed by atoms with Crippen molar-refractivity contribution in [3.05, 3.63) is 12.2 Å². The maximum absolute atomic E-state index is 8.75. The maximum Gasteiger partial charge on any atom is 0.224 e. The fourth-order valence-electron chi connectivity index (χ4n) is 1.85. The summed E-state index contributed by atoms with van der Waals surface area (Å²) in [6.45, 7) is 0.206. The Morgan fingerprint density at radius 2 is 1.33 bits per heavy atom. The first kappa shape index (κ1) is 11.0. The number of hydrogen-bond donors (Lipinski definition) is 2. The fourth-order valence-corrected chi connectivity index (χ4v) is 1.85. The molecule has 2 aliphatic rings. The van der Waals surface area contributed by atoms with E-state index in [4.69, 9.17) is 24.7 Å². The van der Waals surface area contributed by atoms with Gasteiger partial charge < -0.3 is 14.9 Å². The summed E-state index contributed by atoms with van der Waals surface area (Å²) in [6.07, 6.45) is 5.99. The summed E-state index contributed by atoms with van der Waals surface area (Å²) >= 11 is 0. The molecular weight excluding hydrogens is 200 g/mol.